The van der Waals surface area contributed by atoms with Gasteiger partial charge in [-0.05, 0) is 53.9 Å². The molecule has 2 aromatic rings. The van der Waals surface area contributed by atoms with Crippen LogP contribution in [0.4, 0.5) is 5.69 Å². The van der Waals surface area contributed by atoms with Gasteiger partial charge in [-0.15, -0.1) is 0 Å². The van der Waals surface area contributed by atoms with E-state index in [1.165, 1.54) is 4.90 Å². The van der Waals surface area contributed by atoms with E-state index in [1.807, 2.05) is 30.3 Å². The second-order valence-corrected chi connectivity index (χ2v) is 8.89. The summed E-state index contributed by atoms with van der Waals surface area (Å²) in [5.41, 5.74) is 1.96. The number of nitrogens with zero attached hydrogens (tertiary/aromatic N) is 1. The Morgan fingerprint density at radius 1 is 0.900 bits per heavy atom. The number of imide groups is 1. The highest BCUT2D eigenvalue weighted by atomic mass is 16.2. The van der Waals surface area contributed by atoms with E-state index in [4.69, 9.17) is 0 Å². The molecule has 1 aliphatic heterocycles. The van der Waals surface area contributed by atoms with Crippen LogP contribution < -0.4 is 10.2 Å². The van der Waals surface area contributed by atoms with E-state index >= 15 is 0 Å². The molecule has 6 atom stereocenters. The van der Waals surface area contributed by atoms with Crippen LogP contribution in [0.15, 0.2) is 66.7 Å². The largest absolute Gasteiger partial charge is 0.348 e. The van der Waals surface area contributed by atoms with Gasteiger partial charge in [-0.1, -0.05) is 48.6 Å². The van der Waals surface area contributed by atoms with Crippen molar-refractivity contribution < 1.29 is 14.4 Å². The number of amides is 3. The van der Waals surface area contributed by atoms with Crippen LogP contribution in [-0.2, 0) is 16.1 Å². The summed E-state index contributed by atoms with van der Waals surface area (Å²) < 4.78 is 0. The first-order valence-corrected chi connectivity index (χ1v) is 10.6. The lowest BCUT2D eigenvalue weighted by Crippen LogP contribution is -2.40. The summed E-state index contributed by atoms with van der Waals surface area (Å²) >= 11 is 0. The van der Waals surface area contributed by atoms with Crippen molar-refractivity contribution in [3.63, 3.8) is 0 Å². The molecule has 4 aliphatic carbocycles. The normalized spacial score (nSPS) is 32.7. The monoisotopic (exact) mass is 398 g/mol. The van der Waals surface area contributed by atoms with Gasteiger partial charge in [0.1, 0.15) is 0 Å². The molecule has 7 rings (SSSR count). The maximum absolute atomic E-state index is 13.3. The highest BCUT2D eigenvalue weighted by Gasteiger charge is 2.67. The summed E-state index contributed by atoms with van der Waals surface area (Å²) in [5.74, 6) is 0.667. The van der Waals surface area contributed by atoms with E-state index in [0.717, 1.165) is 12.0 Å². The average Bonchev–Trinajstić information content (AvgIpc) is 3.56. The van der Waals surface area contributed by atoms with Gasteiger partial charge in [-0.25, -0.2) is 4.90 Å². The number of hydrogen-bond acceptors (Lipinski definition) is 3. The van der Waals surface area contributed by atoms with Crippen LogP contribution in [0.2, 0.25) is 0 Å². The van der Waals surface area contributed by atoms with Crippen LogP contribution in [0.3, 0.4) is 0 Å². The Morgan fingerprint density at radius 2 is 1.57 bits per heavy atom. The van der Waals surface area contributed by atoms with Crippen LogP contribution in [0.1, 0.15) is 22.3 Å². The molecule has 3 fully saturated rings. The van der Waals surface area contributed by atoms with Crippen molar-refractivity contribution in [3.05, 3.63) is 77.9 Å². The van der Waals surface area contributed by atoms with Crippen LogP contribution >= 0.6 is 0 Å². The number of benzene rings is 2. The number of allylic oxidation sites excluding steroid dienone is 2. The third kappa shape index (κ3) is 2.51. The lowest BCUT2D eigenvalue weighted by molar-refractivity contribution is -0.124. The molecule has 5 aliphatic rings. The number of rotatable bonds is 4. The number of carbonyl (C=O) groups excluding carboxylic acids is 3. The Morgan fingerprint density at radius 3 is 2.23 bits per heavy atom. The number of carbonyl (C=O) groups is 3. The Kier molecular flexibility index (Phi) is 3.76. The van der Waals surface area contributed by atoms with Gasteiger partial charge in [-0.2, -0.15) is 0 Å². The van der Waals surface area contributed by atoms with Crippen molar-refractivity contribution in [1.29, 1.82) is 0 Å². The van der Waals surface area contributed by atoms with Crippen molar-refractivity contribution in [3.8, 4) is 0 Å². The second-order valence-electron chi connectivity index (χ2n) is 8.89. The van der Waals surface area contributed by atoms with Gasteiger partial charge >= 0.3 is 0 Å². The zero-order valence-electron chi connectivity index (χ0n) is 16.4. The molecule has 1 saturated heterocycles. The first-order chi connectivity index (χ1) is 14.6. The van der Waals surface area contributed by atoms with E-state index in [2.05, 4.69) is 17.5 Å². The van der Waals surface area contributed by atoms with E-state index in [1.54, 1.807) is 24.3 Å². The highest BCUT2D eigenvalue weighted by Crippen LogP contribution is 2.65. The maximum Gasteiger partial charge on any atom is 0.251 e. The minimum atomic E-state index is -0.230. The molecule has 150 valence electrons. The van der Waals surface area contributed by atoms with Crippen LogP contribution in [-0.4, -0.2) is 17.7 Å². The van der Waals surface area contributed by atoms with Crippen molar-refractivity contribution in [2.75, 3.05) is 4.90 Å². The predicted octanol–water partition coefficient (Wildman–Crippen LogP) is 3.17. The third-order valence-electron chi connectivity index (χ3n) is 7.33. The van der Waals surface area contributed by atoms with Gasteiger partial charge < -0.3 is 5.32 Å². The summed E-state index contributed by atoms with van der Waals surface area (Å²) in [6.07, 6.45) is 5.48. The lowest BCUT2D eigenvalue weighted by atomic mass is 9.63. The van der Waals surface area contributed by atoms with Crippen LogP contribution in [0.25, 0.3) is 0 Å². The van der Waals surface area contributed by atoms with Crippen LogP contribution in [0.5, 0.6) is 0 Å². The molecule has 5 heteroatoms. The minimum absolute atomic E-state index is 0.100. The zero-order valence-corrected chi connectivity index (χ0v) is 16.4. The molecular weight excluding hydrogens is 376 g/mol. The molecule has 30 heavy (non-hydrogen) atoms. The summed E-state index contributed by atoms with van der Waals surface area (Å²) in [7, 11) is 0. The highest BCUT2D eigenvalue weighted by molar-refractivity contribution is 6.23. The SMILES string of the molecule is O=C(NCc1ccccc1)c1cccc(N2C(=O)[C@@H]3[C@H]4C=C[C@H]([C@H]5C[C@H]45)[C@@H]3C2=O)c1. The Bertz CT molecular complexity index is 1060. The summed E-state index contributed by atoms with van der Waals surface area (Å²) in [5, 5.41) is 2.90. The fourth-order valence-electron chi connectivity index (χ4n) is 5.88. The minimum Gasteiger partial charge on any atom is -0.348 e. The molecule has 2 saturated carbocycles. The smallest absolute Gasteiger partial charge is 0.251 e. The molecule has 5 nitrogen and oxygen atoms in total. The number of anilines is 1. The van der Waals surface area contributed by atoms with Gasteiger partial charge in [0.05, 0.1) is 17.5 Å². The molecule has 0 unspecified atom stereocenters. The molecule has 2 bridgehead atoms. The van der Waals surface area contributed by atoms with Gasteiger partial charge in [0.2, 0.25) is 11.8 Å². The third-order valence-corrected chi connectivity index (χ3v) is 7.33. The molecular formula is C25H22N2O3. The zero-order chi connectivity index (χ0) is 20.4. The molecule has 2 aromatic carbocycles. The maximum atomic E-state index is 13.3. The first kappa shape index (κ1) is 17.6. The molecule has 0 aromatic heterocycles. The standard InChI is InChI=1S/C25H22N2O3/c28-23(26-13-14-5-2-1-3-6-14)15-7-4-8-16(11-15)27-24(29)21-17-9-10-18(20-12-19(17)20)22(21)25(27)30/h1-11,17-22H,12-13H2,(H,26,28)/t17-,18+,19-,20-,21+,22-/m1/s1. The Balaban J connectivity index is 1.24. The van der Waals surface area contributed by atoms with Gasteiger partial charge in [0.15, 0.2) is 0 Å². The Labute approximate surface area is 174 Å². The fourth-order valence-corrected chi connectivity index (χ4v) is 5.88. The summed E-state index contributed by atoms with van der Waals surface area (Å²) in [6, 6.07) is 16.5. The number of hydrogen-bond donors (Lipinski definition) is 1. The second kappa shape index (κ2) is 6.39. The molecule has 0 spiro atoms. The van der Waals surface area contributed by atoms with Crippen molar-refractivity contribution in [2.45, 2.75) is 13.0 Å². The summed E-state index contributed by atoms with van der Waals surface area (Å²) in [6.45, 7) is 0.424. The van der Waals surface area contributed by atoms with E-state index in [9.17, 15) is 14.4 Å². The quantitative estimate of drug-likeness (QED) is 0.635. The van der Waals surface area contributed by atoms with Crippen molar-refractivity contribution in [1.82, 2.24) is 5.32 Å². The van der Waals surface area contributed by atoms with Crippen LogP contribution in [0, 0.1) is 35.5 Å². The summed E-state index contributed by atoms with van der Waals surface area (Å²) in [4.78, 5) is 40.5. The molecule has 0 radical (unpaired) electrons. The van der Waals surface area contributed by atoms with Crippen molar-refractivity contribution in [2.24, 2.45) is 35.5 Å². The first-order valence-electron chi connectivity index (χ1n) is 10.6. The van der Waals surface area contributed by atoms with E-state index < -0.39 is 0 Å². The van der Waals surface area contributed by atoms with Crippen molar-refractivity contribution >= 4 is 23.4 Å². The average molecular weight is 398 g/mol. The fraction of sp³-hybridized carbons (Fsp3) is 0.320. The van der Waals surface area contributed by atoms with Gasteiger partial charge in [0, 0.05) is 12.1 Å². The molecule has 1 N–H and O–H groups in total. The molecule has 1 heterocycles. The topological polar surface area (TPSA) is 66.5 Å². The molecule has 3 amide bonds. The predicted molar refractivity (Wildman–Crippen MR) is 111 cm³/mol. The van der Waals surface area contributed by atoms with E-state index in [0.29, 0.717) is 29.6 Å². The number of nitrogens with one attached hydrogen (secondary N) is 1. The van der Waals surface area contributed by atoms with Gasteiger partial charge in [0.25, 0.3) is 5.91 Å². The van der Waals surface area contributed by atoms with Gasteiger partial charge in [-0.3, -0.25) is 14.4 Å². The van der Waals surface area contributed by atoms with E-state index in [-0.39, 0.29) is 41.4 Å². The Hall–Kier alpha value is -3.21. The lowest BCUT2D eigenvalue weighted by Gasteiger charge is -2.37.